The Morgan fingerprint density at radius 1 is 1.50 bits per heavy atom. The number of nitrogens with zero attached hydrogens (tertiary/aromatic N) is 2. The maximum Gasteiger partial charge on any atom is 0.190 e. The summed E-state index contributed by atoms with van der Waals surface area (Å²) < 4.78 is 0. The number of fused-ring (bicyclic) bond motifs is 1. The molecule has 1 heterocycles. The van der Waals surface area contributed by atoms with Gasteiger partial charge in [-0.1, -0.05) is 18.2 Å². The van der Waals surface area contributed by atoms with E-state index >= 15 is 0 Å². The molecule has 0 bridgehead atoms. The third-order valence-electron chi connectivity index (χ3n) is 2.73. The Bertz CT molecular complexity index is 401. The second kappa shape index (κ2) is 4.78. The molecule has 0 spiro atoms. The number of rotatable bonds is 2. The molecule has 0 fully saturated rings. The van der Waals surface area contributed by atoms with E-state index in [4.69, 9.17) is 5.73 Å². The Morgan fingerprint density at radius 3 is 3.00 bits per heavy atom. The molecule has 0 radical (unpaired) electrons. The number of guanidine groups is 1. The number of nitrogens with two attached hydrogens (primary N) is 1. The number of benzene rings is 1. The zero-order valence-corrected chi connectivity index (χ0v) is 10.5. The number of thioether (sulfide) groups is 1. The van der Waals surface area contributed by atoms with Crippen LogP contribution in [-0.2, 0) is 0 Å². The first-order chi connectivity index (χ1) is 7.68. The number of hydrogen-bond acceptors (Lipinski definition) is 2. The molecular formula is C12H17N3S. The van der Waals surface area contributed by atoms with Gasteiger partial charge >= 0.3 is 0 Å². The Balaban J connectivity index is 2.06. The van der Waals surface area contributed by atoms with Crippen LogP contribution >= 0.6 is 11.8 Å². The SMILES string of the molecule is CN(C)C(N)=NCC1CSc2ccccc21. The molecule has 0 saturated heterocycles. The maximum atomic E-state index is 5.78. The van der Waals surface area contributed by atoms with Crippen molar-refractivity contribution in [1.82, 2.24) is 4.90 Å². The van der Waals surface area contributed by atoms with Gasteiger partial charge < -0.3 is 10.6 Å². The lowest BCUT2D eigenvalue weighted by molar-refractivity contribution is 0.605. The first-order valence-electron chi connectivity index (χ1n) is 5.37. The van der Waals surface area contributed by atoms with E-state index in [-0.39, 0.29) is 0 Å². The zero-order valence-electron chi connectivity index (χ0n) is 9.68. The third-order valence-corrected chi connectivity index (χ3v) is 3.98. The van der Waals surface area contributed by atoms with Crippen molar-refractivity contribution in [2.75, 3.05) is 26.4 Å². The highest BCUT2D eigenvalue weighted by atomic mass is 32.2. The van der Waals surface area contributed by atoms with Gasteiger partial charge in [0.2, 0.25) is 0 Å². The van der Waals surface area contributed by atoms with Crippen LogP contribution in [0.3, 0.4) is 0 Å². The van der Waals surface area contributed by atoms with Gasteiger partial charge in [0.15, 0.2) is 5.96 Å². The molecule has 1 aliphatic heterocycles. The van der Waals surface area contributed by atoms with Gasteiger partial charge in [-0.05, 0) is 11.6 Å². The topological polar surface area (TPSA) is 41.6 Å². The summed E-state index contributed by atoms with van der Waals surface area (Å²) in [6.07, 6.45) is 0. The van der Waals surface area contributed by atoms with E-state index in [1.54, 1.807) is 0 Å². The van der Waals surface area contributed by atoms with Crippen molar-refractivity contribution in [2.24, 2.45) is 10.7 Å². The van der Waals surface area contributed by atoms with E-state index in [9.17, 15) is 0 Å². The summed E-state index contributed by atoms with van der Waals surface area (Å²) in [5, 5.41) is 0. The van der Waals surface area contributed by atoms with Crippen LogP contribution < -0.4 is 5.73 Å². The summed E-state index contributed by atoms with van der Waals surface area (Å²) in [4.78, 5) is 7.65. The third kappa shape index (κ3) is 2.32. The average Bonchev–Trinajstić information content (AvgIpc) is 2.69. The summed E-state index contributed by atoms with van der Waals surface area (Å²) in [5.74, 6) is 2.23. The second-order valence-electron chi connectivity index (χ2n) is 4.14. The Kier molecular flexibility index (Phi) is 3.39. The Hall–Kier alpha value is -1.16. The van der Waals surface area contributed by atoms with Crippen molar-refractivity contribution < 1.29 is 0 Å². The molecule has 1 aromatic rings. The summed E-state index contributed by atoms with van der Waals surface area (Å²) >= 11 is 1.91. The standard InChI is InChI=1S/C12H17N3S/c1-15(2)12(13)14-7-9-8-16-11-6-4-3-5-10(9)11/h3-6,9H,7-8H2,1-2H3,(H2,13,14). The molecule has 4 heteroatoms. The molecular weight excluding hydrogens is 218 g/mol. The first-order valence-corrected chi connectivity index (χ1v) is 6.36. The monoisotopic (exact) mass is 235 g/mol. The molecule has 2 N–H and O–H groups in total. The van der Waals surface area contributed by atoms with Crippen LogP contribution in [0.25, 0.3) is 0 Å². The molecule has 1 aliphatic rings. The summed E-state index contributed by atoms with van der Waals surface area (Å²) in [5.41, 5.74) is 7.20. The van der Waals surface area contributed by atoms with Gasteiger partial charge in [0.1, 0.15) is 0 Å². The van der Waals surface area contributed by atoms with Gasteiger partial charge in [0, 0.05) is 30.7 Å². The van der Waals surface area contributed by atoms with E-state index in [0.717, 1.165) is 12.3 Å². The fourth-order valence-corrected chi connectivity index (χ4v) is 2.97. The van der Waals surface area contributed by atoms with Crippen LogP contribution in [0.1, 0.15) is 11.5 Å². The highest BCUT2D eigenvalue weighted by molar-refractivity contribution is 7.99. The Morgan fingerprint density at radius 2 is 2.25 bits per heavy atom. The molecule has 1 atom stereocenters. The van der Waals surface area contributed by atoms with Crippen LogP contribution in [0.4, 0.5) is 0 Å². The quantitative estimate of drug-likeness (QED) is 0.627. The second-order valence-corrected chi connectivity index (χ2v) is 5.20. The summed E-state index contributed by atoms with van der Waals surface area (Å²) in [6.45, 7) is 0.786. The van der Waals surface area contributed by atoms with Crippen LogP contribution in [0.5, 0.6) is 0 Å². The highest BCUT2D eigenvalue weighted by Crippen LogP contribution is 2.39. The van der Waals surface area contributed by atoms with Crippen molar-refractivity contribution in [3.8, 4) is 0 Å². The van der Waals surface area contributed by atoms with E-state index in [2.05, 4.69) is 29.3 Å². The molecule has 86 valence electrons. The van der Waals surface area contributed by atoms with Crippen LogP contribution in [-0.4, -0.2) is 37.3 Å². The van der Waals surface area contributed by atoms with Gasteiger partial charge in [0.05, 0.1) is 6.54 Å². The van der Waals surface area contributed by atoms with Gasteiger partial charge in [-0.25, -0.2) is 0 Å². The molecule has 0 aliphatic carbocycles. The lowest BCUT2D eigenvalue weighted by Crippen LogP contribution is -2.30. The normalized spacial score (nSPS) is 19.6. The van der Waals surface area contributed by atoms with Gasteiger partial charge in [0.25, 0.3) is 0 Å². The van der Waals surface area contributed by atoms with E-state index in [1.807, 2.05) is 30.8 Å². The van der Waals surface area contributed by atoms with E-state index in [1.165, 1.54) is 10.5 Å². The molecule has 0 saturated carbocycles. The van der Waals surface area contributed by atoms with Crippen molar-refractivity contribution in [3.63, 3.8) is 0 Å². The molecule has 3 nitrogen and oxygen atoms in total. The summed E-state index contributed by atoms with van der Waals surface area (Å²) in [6, 6.07) is 8.56. The maximum absolute atomic E-state index is 5.78. The molecule has 0 aromatic heterocycles. The lowest BCUT2D eigenvalue weighted by atomic mass is 10.0. The van der Waals surface area contributed by atoms with Crippen LogP contribution in [0.2, 0.25) is 0 Å². The first kappa shape index (κ1) is 11.3. The van der Waals surface area contributed by atoms with Crippen LogP contribution in [0.15, 0.2) is 34.2 Å². The lowest BCUT2D eigenvalue weighted by Gasteiger charge is -2.12. The van der Waals surface area contributed by atoms with Crippen LogP contribution in [0, 0.1) is 0 Å². The van der Waals surface area contributed by atoms with Crippen molar-refractivity contribution in [1.29, 1.82) is 0 Å². The highest BCUT2D eigenvalue weighted by Gasteiger charge is 2.22. The molecule has 16 heavy (non-hydrogen) atoms. The molecule has 2 rings (SSSR count). The minimum Gasteiger partial charge on any atom is -0.370 e. The Labute approximate surface area is 101 Å². The van der Waals surface area contributed by atoms with Crippen molar-refractivity contribution in [2.45, 2.75) is 10.8 Å². The largest absolute Gasteiger partial charge is 0.370 e. The molecule has 0 amide bonds. The van der Waals surface area contributed by atoms with E-state index < -0.39 is 0 Å². The predicted octanol–water partition coefficient (Wildman–Crippen LogP) is 1.75. The van der Waals surface area contributed by atoms with Gasteiger partial charge in [-0.15, -0.1) is 11.8 Å². The minimum absolute atomic E-state index is 0.514. The summed E-state index contributed by atoms with van der Waals surface area (Å²) in [7, 11) is 3.83. The fourth-order valence-electron chi connectivity index (χ4n) is 1.73. The number of aliphatic imine (C=N–C) groups is 1. The number of hydrogen-bond donors (Lipinski definition) is 1. The fraction of sp³-hybridized carbons (Fsp3) is 0.417. The minimum atomic E-state index is 0.514. The average molecular weight is 235 g/mol. The zero-order chi connectivity index (χ0) is 11.5. The van der Waals surface area contributed by atoms with Gasteiger partial charge in [-0.2, -0.15) is 0 Å². The van der Waals surface area contributed by atoms with Crippen molar-refractivity contribution in [3.05, 3.63) is 29.8 Å². The van der Waals surface area contributed by atoms with Crippen molar-refractivity contribution >= 4 is 17.7 Å². The van der Waals surface area contributed by atoms with Gasteiger partial charge in [-0.3, -0.25) is 4.99 Å². The smallest absolute Gasteiger partial charge is 0.190 e. The van der Waals surface area contributed by atoms with E-state index in [0.29, 0.717) is 11.9 Å². The molecule has 1 aromatic carbocycles. The molecule has 1 unspecified atom stereocenters. The predicted molar refractivity (Wildman–Crippen MR) is 70.1 cm³/mol.